The first-order valence-corrected chi connectivity index (χ1v) is 10.2. The lowest BCUT2D eigenvalue weighted by atomic mass is 10.0. The fraction of sp³-hybridized carbons (Fsp3) is 0.364. The lowest BCUT2D eigenvalue weighted by Crippen LogP contribution is -2.54. The summed E-state index contributed by atoms with van der Waals surface area (Å²) in [6.07, 6.45) is 0.419. The lowest BCUT2D eigenvalue weighted by Gasteiger charge is -2.42. The predicted octanol–water partition coefficient (Wildman–Crippen LogP) is 2.20. The average molecular weight is 425 g/mol. The van der Waals surface area contributed by atoms with Crippen molar-refractivity contribution in [3.8, 4) is 5.75 Å². The Morgan fingerprint density at radius 2 is 2.10 bits per heavy atom. The van der Waals surface area contributed by atoms with E-state index in [9.17, 15) is 14.0 Å². The van der Waals surface area contributed by atoms with E-state index < -0.39 is 11.9 Å². The minimum absolute atomic E-state index is 0.00565. The van der Waals surface area contributed by atoms with Gasteiger partial charge >= 0.3 is 0 Å². The average Bonchev–Trinajstić information content (AvgIpc) is 2.74. The molecule has 0 radical (unpaired) electrons. The second-order valence-corrected chi connectivity index (χ2v) is 7.58. The second kappa shape index (κ2) is 8.43. The molecule has 1 saturated heterocycles. The van der Waals surface area contributed by atoms with E-state index in [0.717, 1.165) is 11.1 Å². The number of hydrogen-bond acceptors (Lipinski definition) is 6. The molecule has 1 amide bonds. The zero-order valence-electron chi connectivity index (χ0n) is 17.6. The topological polar surface area (TPSA) is 100 Å². The van der Waals surface area contributed by atoms with Gasteiger partial charge in [-0.3, -0.25) is 14.5 Å². The number of carbonyl (C=O) groups is 1. The summed E-state index contributed by atoms with van der Waals surface area (Å²) in [6.45, 7) is 5.23. The minimum Gasteiger partial charge on any atom is -0.483 e. The molecule has 0 aliphatic carbocycles. The van der Waals surface area contributed by atoms with Crippen LogP contribution >= 0.6 is 0 Å². The molecule has 162 valence electrons. The molecule has 1 aliphatic rings. The molecule has 1 aliphatic heterocycles. The number of hydrogen-bond donors (Lipinski definition) is 2. The molecular formula is C22H24FN5O3. The first-order chi connectivity index (χ1) is 14.9. The van der Waals surface area contributed by atoms with Crippen LogP contribution in [0.5, 0.6) is 5.75 Å². The van der Waals surface area contributed by atoms with Crippen LogP contribution in [0.15, 0.2) is 35.1 Å². The number of halogens is 1. The van der Waals surface area contributed by atoms with Gasteiger partial charge < -0.3 is 15.0 Å². The molecule has 0 spiro atoms. The predicted molar refractivity (Wildman–Crippen MR) is 114 cm³/mol. The summed E-state index contributed by atoms with van der Waals surface area (Å²) in [5.74, 6) is -1.22. The normalized spacial score (nSPS) is 15.5. The number of aromatic amines is 1. The molecule has 0 bridgehead atoms. The van der Waals surface area contributed by atoms with Crippen LogP contribution in [0.1, 0.15) is 41.6 Å². The second-order valence-electron chi connectivity index (χ2n) is 7.58. The first kappa shape index (κ1) is 20.9. The van der Waals surface area contributed by atoms with Gasteiger partial charge in [-0.25, -0.2) is 9.97 Å². The molecular weight excluding hydrogens is 401 g/mol. The Kier molecular flexibility index (Phi) is 5.69. The molecule has 2 aromatic heterocycles. The lowest BCUT2D eigenvalue weighted by molar-refractivity contribution is -0.00747. The van der Waals surface area contributed by atoms with Crippen molar-refractivity contribution in [1.82, 2.24) is 25.2 Å². The molecule has 31 heavy (non-hydrogen) atoms. The number of carbonyl (C=O) groups excluding carboxylic acids is 1. The van der Waals surface area contributed by atoms with Crippen LogP contribution in [0.25, 0.3) is 11.0 Å². The molecule has 3 heterocycles. The third-order valence-electron chi connectivity index (χ3n) is 5.60. The Morgan fingerprint density at radius 1 is 1.32 bits per heavy atom. The molecule has 1 unspecified atom stereocenters. The summed E-state index contributed by atoms with van der Waals surface area (Å²) in [5.41, 5.74) is 2.91. The fourth-order valence-corrected chi connectivity index (χ4v) is 3.66. The Balaban J connectivity index is 1.41. The quantitative estimate of drug-likeness (QED) is 0.588. The van der Waals surface area contributed by atoms with Crippen LogP contribution in [0.4, 0.5) is 4.39 Å². The number of aryl methyl sites for hydroxylation is 1. The SMILES string of the molecule is CCc1nc2ccc(C(C)N3CC(Oc4ccc(C(=O)NC)nc4F)C3)cc2[nH]c1=O. The standard InChI is InChI=1S/C22H24FN5O3/c1-4-15-22(30)27-18-9-13(5-6-16(18)25-15)12(2)28-10-14(11-28)31-19-8-7-17(21(29)24-3)26-20(19)23/h5-9,12,14H,4,10-11H2,1-3H3,(H,24,29)(H,27,30). The highest BCUT2D eigenvalue weighted by Crippen LogP contribution is 2.29. The van der Waals surface area contributed by atoms with Gasteiger partial charge in [0.25, 0.3) is 17.4 Å². The number of amides is 1. The number of H-pyrrole nitrogens is 1. The van der Waals surface area contributed by atoms with Crippen molar-refractivity contribution >= 4 is 16.9 Å². The summed E-state index contributed by atoms with van der Waals surface area (Å²) in [4.78, 5) is 36.8. The van der Waals surface area contributed by atoms with Gasteiger partial charge in [0.1, 0.15) is 17.5 Å². The summed E-state index contributed by atoms with van der Waals surface area (Å²) >= 11 is 0. The molecule has 9 heteroatoms. The van der Waals surface area contributed by atoms with Gasteiger partial charge in [-0.2, -0.15) is 4.39 Å². The maximum Gasteiger partial charge on any atom is 0.270 e. The smallest absolute Gasteiger partial charge is 0.270 e. The molecule has 2 N–H and O–H groups in total. The molecule has 1 atom stereocenters. The van der Waals surface area contributed by atoms with Crippen LogP contribution in [-0.2, 0) is 6.42 Å². The zero-order chi connectivity index (χ0) is 22.1. The molecule has 1 aromatic carbocycles. The summed E-state index contributed by atoms with van der Waals surface area (Å²) in [7, 11) is 1.46. The highest BCUT2D eigenvalue weighted by atomic mass is 19.1. The number of pyridine rings is 1. The van der Waals surface area contributed by atoms with Crippen molar-refractivity contribution in [2.24, 2.45) is 0 Å². The molecule has 1 fully saturated rings. The Labute approximate surface area is 178 Å². The Hall–Kier alpha value is -3.33. The maximum atomic E-state index is 14.2. The molecule has 3 aromatic rings. The summed E-state index contributed by atoms with van der Waals surface area (Å²) < 4.78 is 19.9. The van der Waals surface area contributed by atoms with Gasteiger partial charge in [-0.15, -0.1) is 0 Å². The van der Waals surface area contributed by atoms with Crippen LogP contribution < -0.4 is 15.6 Å². The minimum atomic E-state index is -0.801. The van der Waals surface area contributed by atoms with Gasteiger partial charge in [-0.1, -0.05) is 13.0 Å². The largest absolute Gasteiger partial charge is 0.483 e. The van der Waals surface area contributed by atoms with E-state index in [0.29, 0.717) is 30.7 Å². The van der Waals surface area contributed by atoms with E-state index in [2.05, 4.69) is 32.1 Å². The number of ether oxygens (including phenoxy) is 1. The third-order valence-corrected chi connectivity index (χ3v) is 5.60. The summed E-state index contributed by atoms with van der Waals surface area (Å²) in [5, 5.41) is 2.41. The van der Waals surface area contributed by atoms with E-state index in [1.165, 1.54) is 19.2 Å². The van der Waals surface area contributed by atoms with E-state index >= 15 is 0 Å². The van der Waals surface area contributed by atoms with Gasteiger partial charge in [0.2, 0.25) is 0 Å². The van der Waals surface area contributed by atoms with Crippen molar-refractivity contribution in [3.05, 3.63) is 63.6 Å². The van der Waals surface area contributed by atoms with Gasteiger partial charge in [-0.05, 0) is 43.2 Å². The van der Waals surface area contributed by atoms with Crippen LogP contribution in [0.2, 0.25) is 0 Å². The fourth-order valence-electron chi connectivity index (χ4n) is 3.66. The Bertz CT molecular complexity index is 1190. The number of rotatable bonds is 6. The van der Waals surface area contributed by atoms with Crippen LogP contribution in [0.3, 0.4) is 0 Å². The number of benzene rings is 1. The van der Waals surface area contributed by atoms with Gasteiger partial charge in [0.05, 0.1) is 11.0 Å². The van der Waals surface area contributed by atoms with Crippen molar-refractivity contribution < 1.29 is 13.9 Å². The summed E-state index contributed by atoms with van der Waals surface area (Å²) in [6, 6.07) is 8.83. The number of fused-ring (bicyclic) bond motifs is 1. The van der Waals surface area contributed by atoms with E-state index in [4.69, 9.17) is 4.74 Å². The van der Waals surface area contributed by atoms with Crippen molar-refractivity contribution in [2.45, 2.75) is 32.4 Å². The highest BCUT2D eigenvalue weighted by Gasteiger charge is 2.33. The third kappa shape index (κ3) is 4.13. The molecule has 8 nitrogen and oxygen atoms in total. The van der Waals surface area contributed by atoms with E-state index in [-0.39, 0.29) is 29.1 Å². The van der Waals surface area contributed by atoms with Gasteiger partial charge in [0.15, 0.2) is 5.75 Å². The number of likely N-dealkylation sites (tertiary alicyclic amines) is 1. The zero-order valence-corrected chi connectivity index (χ0v) is 17.6. The van der Waals surface area contributed by atoms with E-state index in [1.54, 1.807) is 0 Å². The van der Waals surface area contributed by atoms with Crippen molar-refractivity contribution in [3.63, 3.8) is 0 Å². The monoisotopic (exact) mass is 425 g/mol. The van der Waals surface area contributed by atoms with E-state index in [1.807, 2.05) is 25.1 Å². The number of aromatic nitrogens is 3. The molecule has 4 rings (SSSR count). The van der Waals surface area contributed by atoms with Crippen LogP contribution in [0, 0.1) is 5.95 Å². The van der Waals surface area contributed by atoms with Crippen molar-refractivity contribution in [1.29, 1.82) is 0 Å². The van der Waals surface area contributed by atoms with Gasteiger partial charge in [0, 0.05) is 26.2 Å². The highest BCUT2D eigenvalue weighted by molar-refractivity contribution is 5.92. The first-order valence-electron chi connectivity index (χ1n) is 10.2. The van der Waals surface area contributed by atoms with Crippen LogP contribution in [-0.4, -0.2) is 52.0 Å². The maximum absolute atomic E-state index is 14.2. The molecule has 0 saturated carbocycles. The number of nitrogens with one attached hydrogen (secondary N) is 2. The van der Waals surface area contributed by atoms with Crippen molar-refractivity contribution in [2.75, 3.05) is 20.1 Å². The Morgan fingerprint density at radius 3 is 2.77 bits per heavy atom. The number of nitrogens with zero attached hydrogens (tertiary/aromatic N) is 3.